The van der Waals surface area contributed by atoms with E-state index in [1.165, 1.54) is 12.1 Å². The lowest BCUT2D eigenvalue weighted by atomic mass is 10.3. The Morgan fingerprint density at radius 3 is 2.46 bits per heavy atom. The number of benzene rings is 1. The van der Waals surface area contributed by atoms with E-state index in [9.17, 15) is 4.39 Å². The second-order valence-electron chi connectivity index (χ2n) is 2.62. The van der Waals surface area contributed by atoms with E-state index in [0.717, 1.165) is 5.69 Å². The van der Waals surface area contributed by atoms with E-state index in [-0.39, 0.29) is 5.82 Å². The molecule has 0 saturated heterocycles. The van der Waals surface area contributed by atoms with Crippen molar-refractivity contribution >= 4 is 12.6 Å². The summed E-state index contributed by atoms with van der Waals surface area (Å²) in [6.45, 7) is 0. The molecule has 0 fully saturated rings. The highest BCUT2D eigenvalue weighted by Crippen LogP contribution is 2.10. The van der Waals surface area contributed by atoms with Crippen LogP contribution in [0.5, 0.6) is 0 Å². The average Bonchev–Trinajstić information content (AvgIpc) is 2.53. The molecule has 0 aliphatic heterocycles. The molecule has 1 aromatic carbocycles. The molecule has 0 amide bonds. The molecule has 2 nitrogen and oxygen atoms in total. The molecule has 1 heterocycles. The fourth-order valence-electron chi connectivity index (χ4n) is 1.07. The molecule has 0 bridgehead atoms. The van der Waals surface area contributed by atoms with Gasteiger partial charge >= 0.3 is 0 Å². The van der Waals surface area contributed by atoms with Crippen molar-refractivity contribution in [3.63, 3.8) is 0 Å². The molecule has 1 aromatic heterocycles. The SMILES string of the molecule is Fc1ccc(-n2cnc(S)c2)cc1. The van der Waals surface area contributed by atoms with Gasteiger partial charge in [-0.1, -0.05) is 0 Å². The lowest BCUT2D eigenvalue weighted by Gasteiger charge is -1.99. The lowest BCUT2D eigenvalue weighted by molar-refractivity contribution is 0.627. The van der Waals surface area contributed by atoms with Crippen LogP contribution < -0.4 is 0 Å². The van der Waals surface area contributed by atoms with Crippen LogP contribution in [0.1, 0.15) is 0 Å². The van der Waals surface area contributed by atoms with E-state index in [1.54, 1.807) is 29.2 Å². The van der Waals surface area contributed by atoms with Gasteiger partial charge in [-0.05, 0) is 24.3 Å². The minimum atomic E-state index is -0.241. The fourth-order valence-corrected chi connectivity index (χ4v) is 1.24. The van der Waals surface area contributed by atoms with Crippen LogP contribution in [0.3, 0.4) is 0 Å². The summed E-state index contributed by atoms with van der Waals surface area (Å²) in [5, 5.41) is 0.643. The van der Waals surface area contributed by atoms with Gasteiger partial charge in [-0.25, -0.2) is 9.37 Å². The number of imidazole rings is 1. The van der Waals surface area contributed by atoms with E-state index >= 15 is 0 Å². The zero-order valence-electron chi connectivity index (χ0n) is 6.68. The molecule has 0 saturated carbocycles. The number of nitrogens with zero attached hydrogens (tertiary/aromatic N) is 2. The predicted octanol–water partition coefficient (Wildman–Crippen LogP) is 2.30. The van der Waals surface area contributed by atoms with E-state index in [1.807, 2.05) is 0 Å². The van der Waals surface area contributed by atoms with Crippen LogP contribution in [0.15, 0.2) is 41.8 Å². The van der Waals surface area contributed by atoms with Crippen molar-refractivity contribution in [2.75, 3.05) is 0 Å². The van der Waals surface area contributed by atoms with Crippen molar-refractivity contribution in [2.24, 2.45) is 0 Å². The molecule has 0 unspecified atom stereocenters. The standard InChI is InChI=1S/C9H7FN2S/c10-7-1-3-8(4-2-7)12-5-9(13)11-6-12/h1-6,13H. The van der Waals surface area contributed by atoms with Gasteiger partial charge in [-0.2, -0.15) is 0 Å². The molecule has 0 radical (unpaired) electrons. The van der Waals surface area contributed by atoms with Crippen molar-refractivity contribution in [3.05, 3.63) is 42.6 Å². The number of rotatable bonds is 1. The minimum Gasteiger partial charge on any atom is -0.305 e. The zero-order chi connectivity index (χ0) is 9.26. The molecule has 0 atom stereocenters. The number of thiol groups is 1. The van der Waals surface area contributed by atoms with E-state index in [4.69, 9.17) is 0 Å². The third-order valence-electron chi connectivity index (χ3n) is 1.69. The van der Waals surface area contributed by atoms with Crippen LogP contribution in [0.2, 0.25) is 0 Å². The molecule has 0 aliphatic carbocycles. The lowest BCUT2D eigenvalue weighted by Crippen LogP contribution is -1.88. The van der Waals surface area contributed by atoms with Gasteiger partial charge in [0.1, 0.15) is 17.2 Å². The molecule has 0 N–H and O–H groups in total. The van der Waals surface area contributed by atoms with Crippen LogP contribution in [0.4, 0.5) is 4.39 Å². The molecule has 4 heteroatoms. The zero-order valence-corrected chi connectivity index (χ0v) is 7.58. The van der Waals surface area contributed by atoms with Gasteiger partial charge in [0.05, 0.1) is 0 Å². The Hall–Kier alpha value is -1.29. The third kappa shape index (κ3) is 1.72. The molecular weight excluding hydrogens is 187 g/mol. The molecule has 2 rings (SSSR count). The maximum Gasteiger partial charge on any atom is 0.123 e. The van der Waals surface area contributed by atoms with E-state index in [2.05, 4.69) is 17.6 Å². The number of hydrogen-bond acceptors (Lipinski definition) is 2. The second kappa shape index (κ2) is 3.22. The van der Waals surface area contributed by atoms with Crippen LogP contribution >= 0.6 is 12.6 Å². The van der Waals surface area contributed by atoms with Crippen molar-refractivity contribution in [1.29, 1.82) is 0 Å². The van der Waals surface area contributed by atoms with Crippen molar-refractivity contribution < 1.29 is 4.39 Å². The first-order chi connectivity index (χ1) is 6.25. The maximum absolute atomic E-state index is 12.6. The Bertz CT molecular complexity index is 408. The van der Waals surface area contributed by atoms with Gasteiger partial charge in [-0.15, -0.1) is 12.6 Å². The Labute approximate surface area is 80.4 Å². The van der Waals surface area contributed by atoms with Crippen LogP contribution in [-0.4, -0.2) is 9.55 Å². The average molecular weight is 194 g/mol. The Morgan fingerprint density at radius 1 is 1.23 bits per heavy atom. The van der Waals surface area contributed by atoms with E-state index in [0.29, 0.717) is 5.03 Å². The number of halogens is 1. The topological polar surface area (TPSA) is 17.8 Å². The summed E-state index contributed by atoms with van der Waals surface area (Å²) in [4.78, 5) is 3.95. The summed E-state index contributed by atoms with van der Waals surface area (Å²) in [6, 6.07) is 6.19. The largest absolute Gasteiger partial charge is 0.305 e. The van der Waals surface area contributed by atoms with Gasteiger partial charge in [-0.3, -0.25) is 0 Å². The van der Waals surface area contributed by atoms with Crippen LogP contribution in [0, 0.1) is 5.82 Å². The van der Waals surface area contributed by atoms with Crippen molar-refractivity contribution in [1.82, 2.24) is 9.55 Å². The normalized spacial score (nSPS) is 10.3. The van der Waals surface area contributed by atoms with Crippen molar-refractivity contribution in [3.8, 4) is 5.69 Å². The molecule has 0 aliphatic rings. The molecule has 66 valence electrons. The fraction of sp³-hybridized carbons (Fsp3) is 0. The van der Waals surface area contributed by atoms with Crippen LogP contribution in [0.25, 0.3) is 5.69 Å². The summed E-state index contributed by atoms with van der Waals surface area (Å²) in [5.41, 5.74) is 0.870. The molecule has 2 aromatic rings. The van der Waals surface area contributed by atoms with Gasteiger partial charge in [0.15, 0.2) is 0 Å². The third-order valence-corrected chi connectivity index (χ3v) is 1.92. The second-order valence-corrected chi connectivity index (χ2v) is 3.07. The monoisotopic (exact) mass is 194 g/mol. The minimum absolute atomic E-state index is 0.241. The predicted molar refractivity (Wildman–Crippen MR) is 50.8 cm³/mol. The van der Waals surface area contributed by atoms with Gasteiger partial charge < -0.3 is 4.57 Å². The highest BCUT2D eigenvalue weighted by molar-refractivity contribution is 7.80. The summed E-state index contributed by atoms with van der Waals surface area (Å²) in [5.74, 6) is -0.241. The Kier molecular flexibility index (Phi) is 2.06. The molecular formula is C9H7FN2S. The van der Waals surface area contributed by atoms with Crippen LogP contribution in [-0.2, 0) is 0 Å². The van der Waals surface area contributed by atoms with Crippen molar-refractivity contribution in [2.45, 2.75) is 5.03 Å². The molecule has 0 spiro atoms. The Morgan fingerprint density at radius 2 is 1.92 bits per heavy atom. The van der Waals surface area contributed by atoms with Gasteiger partial charge in [0, 0.05) is 11.9 Å². The summed E-state index contributed by atoms with van der Waals surface area (Å²) in [7, 11) is 0. The smallest absolute Gasteiger partial charge is 0.123 e. The molecule has 13 heavy (non-hydrogen) atoms. The quantitative estimate of drug-likeness (QED) is 0.690. The van der Waals surface area contributed by atoms with Gasteiger partial charge in [0.2, 0.25) is 0 Å². The first-order valence-electron chi connectivity index (χ1n) is 3.74. The highest BCUT2D eigenvalue weighted by atomic mass is 32.1. The van der Waals surface area contributed by atoms with E-state index < -0.39 is 0 Å². The summed E-state index contributed by atoms with van der Waals surface area (Å²) < 4.78 is 14.3. The van der Waals surface area contributed by atoms with Gasteiger partial charge in [0.25, 0.3) is 0 Å². The maximum atomic E-state index is 12.6. The Balaban J connectivity index is 2.41. The number of hydrogen-bond donors (Lipinski definition) is 1. The first-order valence-corrected chi connectivity index (χ1v) is 4.19. The summed E-state index contributed by atoms with van der Waals surface area (Å²) >= 11 is 4.07. The first kappa shape index (κ1) is 8.31. The highest BCUT2D eigenvalue weighted by Gasteiger charge is 1.97. The number of aromatic nitrogens is 2. The summed E-state index contributed by atoms with van der Waals surface area (Å²) in [6.07, 6.45) is 3.39.